The number of hydrogen-bond acceptors (Lipinski definition) is 2. The van der Waals surface area contributed by atoms with Crippen LogP contribution in [0.25, 0.3) is 32.9 Å². The molecule has 32 heavy (non-hydrogen) atoms. The number of hydrogen-bond donors (Lipinski definition) is 2. The van der Waals surface area contributed by atoms with Crippen LogP contribution in [0.1, 0.15) is 15.9 Å². The minimum atomic E-state index is -0.582. The summed E-state index contributed by atoms with van der Waals surface area (Å²) in [6.07, 6.45) is 0. The van der Waals surface area contributed by atoms with Gasteiger partial charge in [-0.05, 0) is 65.2 Å². The molecule has 0 bridgehead atoms. The molecule has 4 nitrogen and oxygen atoms in total. The van der Waals surface area contributed by atoms with Crippen molar-refractivity contribution in [2.24, 2.45) is 5.73 Å². The molecule has 0 spiro atoms. The van der Waals surface area contributed by atoms with Gasteiger partial charge in [-0.25, -0.2) is 4.39 Å². The summed E-state index contributed by atoms with van der Waals surface area (Å²) >= 11 is 6.03. The van der Waals surface area contributed by atoms with Gasteiger partial charge in [0.1, 0.15) is 11.6 Å². The predicted octanol–water partition coefficient (Wildman–Crippen LogP) is 6.11. The van der Waals surface area contributed by atoms with Crippen molar-refractivity contribution in [2.75, 3.05) is 0 Å². The third kappa shape index (κ3) is 3.37. The van der Waals surface area contributed by atoms with E-state index in [-0.39, 0.29) is 11.6 Å². The second-order valence-electron chi connectivity index (χ2n) is 7.68. The Bertz CT molecular complexity index is 1510. The van der Waals surface area contributed by atoms with E-state index in [1.165, 1.54) is 12.1 Å². The van der Waals surface area contributed by atoms with Crippen molar-refractivity contribution in [3.05, 3.63) is 101 Å². The Hall–Kier alpha value is -3.83. The van der Waals surface area contributed by atoms with Gasteiger partial charge in [-0.15, -0.1) is 0 Å². The number of fused-ring (bicyclic) bond motifs is 3. The molecule has 0 aliphatic rings. The minimum absolute atomic E-state index is 0.0316. The van der Waals surface area contributed by atoms with Crippen molar-refractivity contribution in [2.45, 2.75) is 6.54 Å². The van der Waals surface area contributed by atoms with Crippen molar-refractivity contribution in [1.29, 1.82) is 0 Å². The molecular weight excluding hydrogens is 427 g/mol. The number of nitrogens with zero attached hydrogens (tertiary/aromatic N) is 1. The second kappa shape index (κ2) is 7.70. The topological polar surface area (TPSA) is 68.2 Å². The van der Waals surface area contributed by atoms with E-state index >= 15 is 0 Å². The highest BCUT2D eigenvalue weighted by atomic mass is 35.5. The fourth-order valence-electron chi connectivity index (χ4n) is 4.24. The van der Waals surface area contributed by atoms with Crippen molar-refractivity contribution in [1.82, 2.24) is 4.57 Å². The SMILES string of the molecule is NC(=O)c1cccc2c1c1c(O)cc(-c3ccc(Cl)cc3)cc1n2Cc1cccc(F)c1. The van der Waals surface area contributed by atoms with E-state index in [1.54, 1.807) is 36.4 Å². The molecule has 6 heteroatoms. The summed E-state index contributed by atoms with van der Waals surface area (Å²) in [5.41, 5.74) is 9.82. The Morgan fingerprint density at radius 1 is 0.906 bits per heavy atom. The average molecular weight is 445 g/mol. The first-order valence-electron chi connectivity index (χ1n) is 10.0. The van der Waals surface area contributed by atoms with Gasteiger partial charge in [0, 0.05) is 22.5 Å². The molecule has 4 aromatic carbocycles. The monoisotopic (exact) mass is 444 g/mol. The molecule has 5 rings (SSSR count). The van der Waals surface area contributed by atoms with E-state index in [0.29, 0.717) is 33.4 Å². The van der Waals surface area contributed by atoms with Crippen LogP contribution in [0.4, 0.5) is 4.39 Å². The number of nitrogens with two attached hydrogens (primary N) is 1. The highest BCUT2D eigenvalue weighted by molar-refractivity contribution is 6.30. The lowest BCUT2D eigenvalue weighted by molar-refractivity contribution is 0.100. The maximum Gasteiger partial charge on any atom is 0.249 e. The smallest absolute Gasteiger partial charge is 0.249 e. The van der Waals surface area contributed by atoms with Gasteiger partial charge < -0.3 is 15.4 Å². The Labute approximate surface area is 188 Å². The van der Waals surface area contributed by atoms with Crippen LogP contribution in [-0.2, 0) is 6.54 Å². The fourth-order valence-corrected chi connectivity index (χ4v) is 4.37. The zero-order chi connectivity index (χ0) is 22.4. The Kier molecular flexibility index (Phi) is 4.83. The summed E-state index contributed by atoms with van der Waals surface area (Å²) in [7, 11) is 0. The third-order valence-electron chi connectivity index (χ3n) is 5.64. The fraction of sp³-hybridized carbons (Fsp3) is 0.0385. The number of halogens is 2. The van der Waals surface area contributed by atoms with Crippen LogP contribution < -0.4 is 5.73 Å². The highest BCUT2D eigenvalue weighted by Gasteiger charge is 2.20. The molecule has 0 atom stereocenters. The summed E-state index contributed by atoms with van der Waals surface area (Å²) in [5, 5.41) is 12.8. The van der Waals surface area contributed by atoms with Gasteiger partial charge in [-0.1, -0.05) is 41.9 Å². The summed E-state index contributed by atoms with van der Waals surface area (Å²) in [6.45, 7) is 0.351. The Balaban J connectivity index is 1.84. The van der Waals surface area contributed by atoms with Gasteiger partial charge in [-0.3, -0.25) is 4.79 Å². The largest absolute Gasteiger partial charge is 0.507 e. The highest BCUT2D eigenvalue weighted by Crippen LogP contribution is 2.40. The van der Waals surface area contributed by atoms with E-state index in [0.717, 1.165) is 22.2 Å². The average Bonchev–Trinajstić information content (AvgIpc) is 3.08. The molecular formula is C26H18ClFN2O2. The number of amides is 1. The van der Waals surface area contributed by atoms with E-state index in [9.17, 15) is 14.3 Å². The zero-order valence-electron chi connectivity index (χ0n) is 16.8. The summed E-state index contributed by atoms with van der Waals surface area (Å²) in [4.78, 5) is 12.2. The lowest BCUT2D eigenvalue weighted by atomic mass is 10.0. The molecule has 0 saturated carbocycles. The minimum Gasteiger partial charge on any atom is -0.507 e. The van der Waals surface area contributed by atoms with E-state index < -0.39 is 5.91 Å². The van der Waals surface area contributed by atoms with Gasteiger partial charge in [0.25, 0.3) is 0 Å². The molecule has 0 aliphatic carbocycles. The number of phenolic OH excluding ortho intramolecular Hbond substituents is 1. The number of aromatic hydroxyl groups is 1. The molecule has 0 fully saturated rings. The number of primary amides is 1. The first-order chi connectivity index (χ1) is 15.4. The van der Waals surface area contributed by atoms with Crippen molar-refractivity contribution >= 4 is 39.3 Å². The molecule has 0 aliphatic heterocycles. The van der Waals surface area contributed by atoms with Gasteiger partial charge >= 0.3 is 0 Å². The molecule has 3 N–H and O–H groups in total. The number of aromatic nitrogens is 1. The maximum absolute atomic E-state index is 13.9. The van der Waals surface area contributed by atoms with Crippen LogP contribution in [0.2, 0.25) is 5.02 Å². The number of benzene rings is 4. The number of phenols is 1. The van der Waals surface area contributed by atoms with Crippen LogP contribution in [-0.4, -0.2) is 15.6 Å². The van der Waals surface area contributed by atoms with Crippen LogP contribution in [0.5, 0.6) is 5.75 Å². The maximum atomic E-state index is 13.9. The first kappa shape index (κ1) is 20.1. The molecule has 158 valence electrons. The van der Waals surface area contributed by atoms with Crippen LogP contribution in [0.15, 0.2) is 78.9 Å². The van der Waals surface area contributed by atoms with Crippen molar-refractivity contribution in [3.8, 4) is 16.9 Å². The van der Waals surface area contributed by atoms with Gasteiger partial charge in [0.15, 0.2) is 0 Å². The molecule has 0 radical (unpaired) electrons. The Morgan fingerprint density at radius 3 is 2.38 bits per heavy atom. The Morgan fingerprint density at radius 2 is 1.66 bits per heavy atom. The lowest BCUT2D eigenvalue weighted by Gasteiger charge is -2.10. The summed E-state index contributed by atoms with van der Waals surface area (Å²) < 4.78 is 15.8. The first-order valence-corrected chi connectivity index (χ1v) is 10.4. The van der Waals surface area contributed by atoms with Crippen LogP contribution >= 0.6 is 11.6 Å². The standard InChI is InChI=1S/C26H18ClFN2O2/c27-18-9-7-16(8-10-18)17-12-22-25(23(31)13-17)24-20(26(29)32)5-2-6-21(24)30(22)14-15-3-1-4-19(28)11-15/h1-13,31H,14H2,(H2,29,32). The van der Waals surface area contributed by atoms with Crippen LogP contribution in [0, 0.1) is 5.82 Å². The number of carbonyl (C=O) groups excluding carboxylic acids is 1. The lowest BCUT2D eigenvalue weighted by Crippen LogP contribution is -2.11. The molecule has 0 saturated heterocycles. The zero-order valence-corrected chi connectivity index (χ0v) is 17.6. The van der Waals surface area contributed by atoms with Crippen molar-refractivity contribution in [3.63, 3.8) is 0 Å². The van der Waals surface area contributed by atoms with E-state index in [1.807, 2.05) is 34.9 Å². The molecule has 0 unspecified atom stereocenters. The van der Waals surface area contributed by atoms with E-state index in [4.69, 9.17) is 17.3 Å². The molecule has 1 aromatic heterocycles. The molecule has 1 heterocycles. The third-order valence-corrected chi connectivity index (χ3v) is 5.90. The molecule has 5 aromatic rings. The van der Waals surface area contributed by atoms with E-state index in [2.05, 4.69) is 0 Å². The van der Waals surface area contributed by atoms with Crippen LogP contribution in [0.3, 0.4) is 0 Å². The number of carbonyl (C=O) groups is 1. The normalized spacial score (nSPS) is 11.3. The predicted molar refractivity (Wildman–Crippen MR) is 126 cm³/mol. The van der Waals surface area contributed by atoms with Gasteiger partial charge in [0.2, 0.25) is 5.91 Å². The van der Waals surface area contributed by atoms with Gasteiger partial charge in [-0.2, -0.15) is 0 Å². The summed E-state index contributed by atoms with van der Waals surface area (Å²) in [5.74, 6) is -0.878. The second-order valence-corrected chi connectivity index (χ2v) is 8.11. The summed E-state index contributed by atoms with van der Waals surface area (Å²) in [6, 6.07) is 22.5. The van der Waals surface area contributed by atoms with Gasteiger partial charge in [0.05, 0.1) is 16.4 Å². The quantitative estimate of drug-likeness (QED) is 0.351. The van der Waals surface area contributed by atoms with Crippen molar-refractivity contribution < 1.29 is 14.3 Å². The molecule has 1 amide bonds. The number of rotatable bonds is 4.